The van der Waals surface area contributed by atoms with E-state index in [9.17, 15) is 0 Å². The van der Waals surface area contributed by atoms with Gasteiger partial charge in [-0.2, -0.15) is 0 Å². The van der Waals surface area contributed by atoms with Crippen LogP contribution in [0.5, 0.6) is 0 Å². The largest absolute Gasteiger partial charge is 0.400 e. The second kappa shape index (κ2) is 10.3. The van der Waals surface area contributed by atoms with E-state index < -0.39 is 0 Å². The summed E-state index contributed by atoms with van der Waals surface area (Å²) < 4.78 is 2.46. The molecule has 0 atom stereocenters. The minimum Gasteiger partial charge on any atom is -0.400 e. The van der Waals surface area contributed by atoms with Crippen molar-refractivity contribution in [3.8, 4) is 0 Å². The van der Waals surface area contributed by atoms with Crippen LogP contribution in [0, 0.1) is 5.92 Å². The van der Waals surface area contributed by atoms with E-state index >= 15 is 0 Å². The summed E-state index contributed by atoms with van der Waals surface area (Å²) in [7, 11) is 2.19. The molecule has 8 heteroatoms. The number of fused-ring (bicyclic) bond motifs is 1. The van der Waals surface area contributed by atoms with Gasteiger partial charge in [-0.05, 0) is 26.0 Å². The van der Waals surface area contributed by atoms with Gasteiger partial charge >= 0.3 is 0 Å². The lowest BCUT2D eigenvalue weighted by atomic mass is 9.85. The molecule has 3 heterocycles. The minimum atomic E-state index is 0.453. The van der Waals surface area contributed by atoms with E-state index in [0.29, 0.717) is 5.92 Å². The maximum atomic E-state index is 6.37. The quantitative estimate of drug-likeness (QED) is 0.529. The SMILES string of the molecule is CCSN1CCN(C)CC1.N/C(=C1/c2cc[nH]c2N=CN1N)C1CCCCC1. The van der Waals surface area contributed by atoms with Crippen molar-refractivity contribution in [3.63, 3.8) is 0 Å². The zero-order chi connectivity index (χ0) is 19.9. The van der Waals surface area contributed by atoms with Gasteiger partial charge in [0.25, 0.3) is 0 Å². The number of likely N-dealkylation sites (N-methyl/N-ethyl adjacent to an activating group) is 1. The molecule has 1 saturated heterocycles. The van der Waals surface area contributed by atoms with Crippen LogP contribution in [0.15, 0.2) is 23.0 Å². The summed E-state index contributed by atoms with van der Waals surface area (Å²) in [5, 5.41) is 1.54. The monoisotopic (exact) mass is 405 g/mol. The van der Waals surface area contributed by atoms with Crippen LogP contribution < -0.4 is 11.6 Å². The number of aromatic amines is 1. The topological polar surface area (TPSA) is 89.9 Å². The third-order valence-corrected chi connectivity index (χ3v) is 6.63. The first-order chi connectivity index (χ1) is 13.6. The Morgan fingerprint density at radius 1 is 1.21 bits per heavy atom. The molecule has 0 spiro atoms. The number of hydrogen-bond donors (Lipinski definition) is 3. The first-order valence-corrected chi connectivity index (χ1v) is 11.4. The van der Waals surface area contributed by atoms with E-state index in [1.807, 2.05) is 24.2 Å². The molecule has 1 saturated carbocycles. The van der Waals surface area contributed by atoms with Gasteiger partial charge in [0.2, 0.25) is 0 Å². The van der Waals surface area contributed by atoms with Crippen LogP contribution in [0.25, 0.3) is 5.70 Å². The van der Waals surface area contributed by atoms with Crippen LogP contribution in [0.4, 0.5) is 5.82 Å². The van der Waals surface area contributed by atoms with Crippen molar-refractivity contribution in [1.82, 2.24) is 19.2 Å². The van der Waals surface area contributed by atoms with Gasteiger partial charge in [-0.15, -0.1) is 0 Å². The first-order valence-electron chi connectivity index (χ1n) is 10.4. The second-order valence-corrected chi connectivity index (χ2v) is 9.03. The number of H-pyrrole nitrogens is 1. The summed E-state index contributed by atoms with van der Waals surface area (Å²) >= 11 is 1.96. The Kier molecular flexibility index (Phi) is 7.84. The molecule has 0 aromatic carbocycles. The van der Waals surface area contributed by atoms with E-state index in [4.69, 9.17) is 11.6 Å². The fraction of sp³-hybridized carbons (Fsp3) is 0.650. The minimum absolute atomic E-state index is 0.453. The highest BCUT2D eigenvalue weighted by molar-refractivity contribution is 7.96. The molecule has 1 aromatic rings. The number of aliphatic imine (C=N–C) groups is 1. The second-order valence-electron chi connectivity index (χ2n) is 7.68. The lowest BCUT2D eigenvalue weighted by molar-refractivity contribution is 0.233. The molecule has 2 aliphatic heterocycles. The summed E-state index contributed by atoms with van der Waals surface area (Å²) in [6, 6.07) is 1.98. The number of aromatic nitrogens is 1. The first kappa shape index (κ1) is 21.2. The van der Waals surface area contributed by atoms with Gasteiger partial charge in [-0.25, -0.2) is 15.1 Å². The Morgan fingerprint density at radius 2 is 1.93 bits per heavy atom. The molecule has 0 bridgehead atoms. The highest BCUT2D eigenvalue weighted by Crippen LogP contribution is 2.36. The lowest BCUT2D eigenvalue weighted by Crippen LogP contribution is -2.41. The van der Waals surface area contributed by atoms with Crippen molar-refractivity contribution >= 4 is 29.8 Å². The fourth-order valence-electron chi connectivity index (χ4n) is 3.99. The van der Waals surface area contributed by atoms with Crippen molar-refractivity contribution < 1.29 is 0 Å². The highest BCUT2D eigenvalue weighted by Gasteiger charge is 2.25. The maximum Gasteiger partial charge on any atom is 0.141 e. The van der Waals surface area contributed by atoms with Gasteiger partial charge in [0.15, 0.2) is 0 Å². The van der Waals surface area contributed by atoms with Crippen LogP contribution in [0.3, 0.4) is 0 Å². The van der Waals surface area contributed by atoms with Crippen LogP contribution in [0.2, 0.25) is 0 Å². The number of nitrogens with one attached hydrogen (secondary N) is 1. The Labute approximate surface area is 173 Å². The van der Waals surface area contributed by atoms with Gasteiger partial charge in [-0.1, -0.05) is 38.1 Å². The molecule has 0 amide bonds. The number of nitrogens with zero attached hydrogens (tertiary/aromatic N) is 4. The Hall–Kier alpha value is -1.48. The van der Waals surface area contributed by atoms with Gasteiger partial charge in [0, 0.05) is 55.3 Å². The number of rotatable bonds is 3. The Bertz CT molecular complexity index is 670. The molecule has 4 rings (SSSR count). The van der Waals surface area contributed by atoms with E-state index in [-0.39, 0.29) is 0 Å². The lowest BCUT2D eigenvalue weighted by Gasteiger charge is -2.30. The number of nitrogens with two attached hydrogens (primary N) is 2. The van der Waals surface area contributed by atoms with E-state index in [2.05, 4.69) is 33.2 Å². The van der Waals surface area contributed by atoms with Crippen molar-refractivity contribution in [1.29, 1.82) is 0 Å². The molecule has 156 valence electrons. The van der Waals surface area contributed by atoms with Crippen LogP contribution in [-0.2, 0) is 0 Å². The third-order valence-electron chi connectivity index (χ3n) is 5.64. The number of hydrogen-bond acceptors (Lipinski definition) is 7. The predicted octanol–water partition coefficient (Wildman–Crippen LogP) is 2.97. The summed E-state index contributed by atoms with van der Waals surface area (Å²) in [4.78, 5) is 9.72. The van der Waals surface area contributed by atoms with E-state index in [1.54, 1.807) is 11.3 Å². The van der Waals surface area contributed by atoms with Gasteiger partial charge < -0.3 is 15.6 Å². The molecule has 7 nitrogen and oxygen atoms in total. The van der Waals surface area contributed by atoms with Crippen LogP contribution >= 0.6 is 11.9 Å². The number of allylic oxidation sites excluding steroid dienone is 1. The molecule has 0 unspecified atom stereocenters. The van der Waals surface area contributed by atoms with Gasteiger partial charge in [-0.3, -0.25) is 5.01 Å². The Morgan fingerprint density at radius 3 is 2.61 bits per heavy atom. The Balaban J connectivity index is 0.000000192. The zero-order valence-electron chi connectivity index (χ0n) is 17.2. The fourth-order valence-corrected chi connectivity index (χ4v) is 4.77. The molecule has 1 aliphatic carbocycles. The average Bonchev–Trinajstić information content (AvgIpc) is 3.19. The zero-order valence-corrected chi connectivity index (χ0v) is 18.0. The highest BCUT2D eigenvalue weighted by atomic mass is 32.2. The van der Waals surface area contributed by atoms with Gasteiger partial charge in [0.05, 0.1) is 5.70 Å². The summed E-state index contributed by atoms with van der Waals surface area (Å²) in [6.45, 7) is 7.13. The van der Waals surface area contributed by atoms with Crippen LogP contribution in [0.1, 0.15) is 44.6 Å². The third kappa shape index (κ3) is 5.31. The average molecular weight is 406 g/mol. The maximum absolute atomic E-state index is 6.37. The van der Waals surface area contributed by atoms with E-state index in [1.165, 1.54) is 64.0 Å². The van der Waals surface area contributed by atoms with Crippen molar-refractivity contribution in [3.05, 3.63) is 23.5 Å². The van der Waals surface area contributed by atoms with E-state index in [0.717, 1.165) is 22.8 Å². The van der Waals surface area contributed by atoms with Crippen molar-refractivity contribution in [2.75, 3.05) is 39.0 Å². The number of hydrazine groups is 1. The van der Waals surface area contributed by atoms with Crippen LogP contribution in [-0.4, -0.2) is 64.5 Å². The molecule has 0 radical (unpaired) electrons. The predicted molar refractivity (Wildman–Crippen MR) is 120 cm³/mol. The normalized spacial score (nSPS) is 23.2. The van der Waals surface area contributed by atoms with Crippen molar-refractivity contribution in [2.24, 2.45) is 22.5 Å². The molecule has 5 N–H and O–H groups in total. The molecule has 1 aromatic heterocycles. The molecule has 2 fully saturated rings. The van der Waals surface area contributed by atoms with Gasteiger partial charge in [0.1, 0.15) is 12.2 Å². The smallest absolute Gasteiger partial charge is 0.141 e. The number of piperazine rings is 1. The summed E-state index contributed by atoms with van der Waals surface area (Å²) in [6.07, 6.45) is 9.66. The van der Waals surface area contributed by atoms with Crippen molar-refractivity contribution in [2.45, 2.75) is 39.0 Å². The molecule has 3 aliphatic rings. The summed E-state index contributed by atoms with van der Waals surface area (Å²) in [5.74, 6) is 8.50. The standard InChI is InChI=1S/C13H19N5.C7H16N2S/c14-11(9-4-2-1-3-5-9)12-10-6-7-16-13(10)17-8-18(12)15;1-3-10-9-6-4-8(2)5-7-9/h6-9,16H,1-5,14-15H2;3-7H2,1-2H3/b12-11-;. The molecular weight excluding hydrogens is 370 g/mol. The molecular formula is C20H35N7S. The summed E-state index contributed by atoms with van der Waals surface area (Å²) in [5.41, 5.74) is 9.19. The molecule has 28 heavy (non-hydrogen) atoms.